The van der Waals surface area contributed by atoms with Crippen LogP contribution in [0.2, 0.25) is 0 Å². The summed E-state index contributed by atoms with van der Waals surface area (Å²) in [5, 5.41) is 1.00. The number of rotatable bonds is 4. The third-order valence-electron chi connectivity index (χ3n) is 4.56. The molecular formula is C17H18N4O2S. The first-order valence-electron chi connectivity index (χ1n) is 7.93. The molecule has 0 radical (unpaired) electrons. The molecule has 4 rings (SSSR count). The highest BCUT2D eigenvalue weighted by Crippen LogP contribution is 2.34. The lowest BCUT2D eigenvalue weighted by atomic mass is 9.85. The van der Waals surface area contributed by atoms with Gasteiger partial charge in [-0.05, 0) is 36.4 Å². The number of aryl methyl sites for hydroxylation is 1. The molecule has 0 amide bonds. The van der Waals surface area contributed by atoms with E-state index < -0.39 is 10.0 Å². The molecule has 124 valence electrons. The molecule has 3 aromatic rings. The lowest BCUT2D eigenvalue weighted by Crippen LogP contribution is -2.15. The van der Waals surface area contributed by atoms with Crippen molar-refractivity contribution in [3.8, 4) is 0 Å². The van der Waals surface area contributed by atoms with Gasteiger partial charge in [0.2, 0.25) is 0 Å². The van der Waals surface area contributed by atoms with E-state index in [4.69, 9.17) is 0 Å². The first-order valence-corrected chi connectivity index (χ1v) is 9.41. The molecule has 6 nitrogen and oxygen atoms in total. The number of benzene rings is 1. The van der Waals surface area contributed by atoms with Gasteiger partial charge >= 0.3 is 0 Å². The van der Waals surface area contributed by atoms with Gasteiger partial charge in [0.1, 0.15) is 5.82 Å². The molecular weight excluding hydrogens is 324 g/mol. The summed E-state index contributed by atoms with van der Waals surface area (Å²) < 4.78 is 29.6. The Morgan fingerprint density at radius 3 is 2.58 bits per heavy atom. The molecule has 1 aromatic carbocycles. The van der Waals surface area contributed by atoms with Gasteiger partial charge in [-0.2, -0.15) is 0 Å². The first kappa shape index (κ1) is 15.1. The summed E-state index contributed by atoms with van der Waals surface area (Å²) >= 11 is 0. The van der Waals surface area contributed by atoms with E-state index in [1.54, 1.807) is 30.6 Å². The van der Waals surface area contributed by atoms with Gasteiger partial charge < -0.3 is 4.57 Å². The van der Waals surface area contributed by atoms with E-state index in [9.17, 15) is 8.42 Å². The lowest BCUT2D eigenvalue weighted by Gasteiger charge is -2.23. The van der Waals surface area contributed by atoms with Crippen LogP contribution < -0.4 is 4.72 Å². The molecule has 2 aromatic heterocycles. The third kappa shape index (κ3) is 2.65. The Hall–Kier alpha value is -2.41. The topological polar surface area (TPSA) is 76.9 Å². The van der Waals surface area contributed by atoms with Crippen molar-refractivity contribution in [2.45, 2.75) is 30.1 Å². The minimum Gasteiger partial charge on any atom is -0.351 e. The second-order valence-corrected chi connectivity index (χ2v) is 7.89. The van der Waals surface area contributed by atoms with Crippen LogP contribution in [0.25, 0.3) is 10.9 Å². The third-order valence-corrected chi connectivity index (χ3v) is 5.94. The maximum Gasteiger partial charge on any atom is 0.262 e. The van der Waals surface area contributed by atoms with Gasteiger partial charge in [-0.15, -0.1) is 0 Å². The molecule has 0 atom stereocenters. The number of fused-ring (bicyclic) bond motifs is 1. The zero-order chi connectivity index (χ0) is 16.7. The van der Waals surface area contributed by atoms with E-state index >= 15 is 0 Å². The number of nitrogens with zero attached hydrogens (tertiary/aromatic N) is 3. The fourth-order valence-corrected chi connectivity index (χ4v) is 3.94. The zero-order valence-corrected chi connectivity index (χ0v) is 14.1. The molecule has 0 bridgehead atoms. The van der Waals surface area contributed by atoms with Crippen LogP contribution in [0.1, 0.15) is 31.0 Å². The van der Waals surface area contributed by atoms with Crippen molar-refractivity contribution >= 4 is 26.6 Å². The van der Waals surface area contributed by atoms with Gasteiger partial charge in [0.15, 0.2) is 0 Å². The largest absolute Gasteiger partial charge is 0.351 e. The first-order chi connectivity index (χ1) is 11.5. The monoisotopic (exact) mass is 342 g/mol. The molecule has 24 heavy (non-hydrogen) atoms. The molecule has 0 aliphatic heterocycles. The quantitative estimate of drug-likeness (QED) is 0.790. The molecule has 1 aliphatic carbocycles. The van der Waals surface area contributed by atoms with Crippen molar-refractivity contribution in [3.63, 3.8) is 0 Å². The van der Waals surface area contributed by atoms with Gasteiger partial charge in [0.05, 0.1) is 23.0 Å². The number of hydrogen-bond donors (Lipinski definition) is 1. The summed E-state index contributed by atoms with van der Waals surface area (Å²) in [6, 6.07) is 7.03. The van der Waals surface area contributed by atoms with Gasteiger partial charge in [-0.3, -0.25) is 4.72 Å². The van der Waals surface area contributed by atoms with Crippen LogP contribution in [-0.4, -0.2) is 23.0 Å². The van der Waals surface area contributed by atoms with E-state index in [1.807, 2.05) is 23.9 Å². The average Bonchev–Trinajstić information content (AvgIpc) is 2.88. The fourth-order valence-electron chi connectivity index (χ4n) is 2.89. The van der Waals surface area contributed by atoms with Crippen LogP contribution in [-0.2, 0) is 17.1 Å². The Balaban J connectivity index is 1.60. The van der Waals surface area contributed by atoms with Crippen molar-refractivity contribution < 1.29 is 8.42 Å². The molecule has 0 saturated heterocycles. The summed E-state index contributed by atoms with van der Waals surface area (Å²) in [6.07, 6.45) is 8.42. The molecule has 1 aliphatic rings. The highest BCUT2D eigenvalue weighted by Gasteiger charge is 2.22. The van der Waals surface area contributed by atoms with Gasteiger partial charge in [-0.1, -0.05) is 12.5 Å². The molecule has 1 fully saturated rings. The number of sulfonamides is 1. The van der Waals surface area contributed by atoms with Gasteiger partial charge in [0.25, 0.3) is 10.0 Å². The van der Waals surface area contributed by atoms with E-state index in [0.717, 1.165) is 29.6 Å². The average molecular weight is 342 g/mol. The summed E-state index contributed by atoms with van der Waals surface area (Å²) in [7, 11) is -1.78. The summed E-state index contributed by atoms with van der Waals surface area (Å²) in [5.74, 6) is 1.23. The predicted octanol–water partition coefficient (Wildman–Crippen LogP) is 3.04. The van der Waals surface area contributed by atoms with Crippen LogP contribution in [0.4, 0.5) is 5.69 Å². The number of aromatic nitrogens is 3. The van der Waals surface area contributed by atoms with Crippen molar-refractivity contribution in [2.75, 3.05) is 4.72 Å². The second kappa shape index (κ2) is 5.59. The van der Waals surface area contributed by atoms with Gasteiger partial charge in [0, 0.05) is 24.7 Å². The van der Waals surface area contributed by atoms with Crippen molar-refractivity contribution in [1.29, 1.82) is 0 Å². The minimum atomic E-state index is -3.67. The lowest BCUT2D eigenvalue weighted by molar-refractivity contribution is 0.401. The van der Waals surface area contributed by atoms with Crippen LogP contribution in [0.3, 0.4) is 0 Å². The second-order valence-electron chi connectivity index (χ2n) is 6.21. The zero-order valence-electron chi connectivity index (χ0n) is 13.3. The number of nitrogens with one attached hydrogen (secondary N) is 1. The molecule has 1 saturated carbocycles. The van der Waals surface area contributed by atoms with Crippen molar-refractivity contribution in [2.24, 2.45) is 7.05 Å². The minimum absolute atomic E-state index is 0.222. The van der Waals surface area contributed by atoms with Crippen molar-refractivity contribution in [1.82, 2.24) is 14.5 Å². The van der Waals surface area contributed by atoms with Crippen LogP contribution in [0.5, 0.6) is 0 Å². The molecule has 0 unspecified atom stereocenters. The Labute approximate surface area is 140 Å². The number of hydrogen-bond acceptors (Lipinski definition) is 4. The smallest absolute Gasteiger partial charge is 0.262 e. The Kier molecular flexibility index (Phi) is 3.53. The van der Waals surface area contributed by atoms with E-state index in [0.29, 0.717) is 11.6 Å². The molecule has 0 spiro atoms. The SMILES string of the molecule is Cn1ccc2ccc(S(=O)(=O)Nc3cnc(C4CCC4)nc3)cc21. The van der Waals surface area contributed by atoms with E-state index in [2.05, 4.69) is 14.7 Å². The van der Waals surface area contributed by atoms with Crippen LogP contribution in [0.15, 0.2) is 47.8 Å². The standard InChI is InChI=1S/C17H18N4O2S/c1-21-8-7-12-5-6-15(9-16(12)21)24(22,23)20-14-10-18-17(19-11-14)13-3-2-4-13/h5-11,13,20H,2-4H2,1H3. The van der Waals surface area contributed by atoms with E-state index in [1.165, 1.54) is 6.42 Å². The highest BCUT2D eigenvalue weighted by molar-refractivity contribution is 7.92. The maximum absolute atomic E-state index is 12.6. The Morgan fingerprint density at radius 1 is 1.17 bits per heavy atom. The molecule has 7 heteroatoms. The van der Waals surface area contributed by atoms with Crippen molar-refractivity contribution in [3.05, 3.63) is 48.7 Å². The Bertz CT molecular complexity index is 989. The van der Waals surface area contributed by atoms with Crippen LogP contribution in [0, 0.1) is 0 Å². The normalized spacial score (nSPS) is 15.4. The molecule has 1 N–H and O–H groups in total. The predicted molar refractivity (Wildman–Crippen MR) is 92.4 cm³/mol. The fraction of sp³-hybridized carbons (Fsp3) is 0.294. The van der Waals surface area contributed by atoms with Crippen LogP contribution >= 0.6 is 0 Å². The summed E-state index contributed by atoms with van der Waals surface area (Å²) in [4.78, 5) is 8.81. The van der Waals surface area contributed by atoms with Gasteiger partial charge in [-0.25, -0.2) is 18.4 Å². The summed E-state index contributed by atoms with van der Waals surface area (Å²) in [5.41, 5.74) is 1.25. The highest BCUT2D eigenvalue weighted by atomic mass is 32.2. The number of anilines is 1. The summed E-state index contributed by atoms with van der Waals surface area (Å²) in [6.45, 7) is 0. The Morgan fingerprint density at radius 2 is 1.92 bits per heavy atom. The molecule has 2 heterocycles. The maximum atomic E-state index is 12.6. The van der Waals surface area contributed by atoms with E-state index in [-0.39, 0.29) is 4.90 Å².